The van der Waals surface area contributed by atoms with Crippen LogP contribution in [0.5, 0.6) is 0 Å². The zero-order chi connectivity index (χ0) is 25.3. The zero-order valence-corrected chi connectivity index (χ0v) is 22.3. The summed E-state index contributed by atoms with van der Waals surface area (Å²) in [4.78, 5) is 34.5. The molecule has 0 saturated carbocycles. The lowest BCUT2D eigenvalue weighted by molar-refractivity contribution is -0.133. The monoisotopic (exact) mass is 553 g/mol. The highest BCUT2D eigenvalue weighted by molar-refractivity contribution is 8.01. The summed E-state index contributed by atoms with van der Waals surface area (Å²) in [5, 5.41) is 7.32. The van der Waals surface area contributed by atoms with E-state index in [0.29, 0.717) is 26.5 Å². The lowest BCUT2D eigenvalue weighted by atomic mass is 9.79. The fraction of sp³-hybridized carbons (Fsp3) is 0.148. The van der Waals surface area contributed by atoms with E-state index in [2.05, 4.69) is 5.32 Å². The average molecular weight is 555 g/mol. The summed E-state index contributed by atoms with van der Waals surface area (Å²) in [5.74, 6) is 0.146. The van der Waals surface area contributed by atoms with Crippen LogP contribution in [0.2, 0.25) is 10.0 Å². The molecule has 5 nitrogen and oxygen atoms in total. The maximum Gasteiger partial charge on any atom is 0.242 e. The van der Waals surface area contributed by atoms with Crippen molar-refractivity contribution in [3.05, 3.63) is 105 Å². The summed E-state index contributed by atoms with van der Waals surface area (Å²) in [7, 11) is 1.91. The summed E-state index contributed by atoms with van der Waals surface area (Å²) in [6, 6.07) is 22.2. The van der Waals surface area contributed by atoms with Gasteiger partial charge in [0.1, 0.15) is 16.6 Å². The second-order valence-corrected chi connectivity index (χ2v) is 11.2. The normalized spacial score (nSPS) is 19.7. The van der Waals surface area contributed by atoms with Crippen molar-refractivity contribution in [2.24, 2.45) is 0 Å². The second-order valence-electron chi connectivity index (χ2n) is 8.39. The minimum atomic E-state index is -1.07. The summed E-state index contributed by atoms with van der Waals surface area (Å²) in [5.41, 5.74) is 1.27. The largest absolute Gasteiger partial charge is 0.339 e. The summed E-state index contributed by atoms with van der Waals surface area (Å²) >= 11 is 15.0. The van der Waals surface area contributed by atoms with E-state index in [-0.39, 0.29) is 18.1 Å². The third kappa shape index (κ3) is 4.76. The number of ketones is 1. The average Bonchev–Trinajstić information content (AvgIpc) is 3.43. The number of Topliss-reactive ketones (excluding diaryl/α,β-unsaturated/α-hetero) is 1. The van der Waals surface area contributed by atoms with Crippen molar-refractivity contribution >= 4 is 69.5 Å². The van der Waals surface area contributed by atoms with E-state index >= 15 is 0 Å². The molecule has 5 rings (SSSR count). The van der Waals surface area contributed by atoms with Gasteiger partial charge in [0.05, 0.1) is 10.7 Å². The standard InChI is InChI=1S/C27H21Cl2N3O2S2/c1-32(19-11-9-18(28)10-12-19)24-8-4-7-23(30-24)27(17-13-14-35-16-17)15-21(33)25(26(34)31-27)36-22-6-3-2-5-20(22)29/h2-14,16,25H,15H2,1H3,(H,31,34). The molecule has 1 fully saturated rings. The van der Waals surface area contributed by atoms with Gasteiger partial charge in [-0.15, -0.1) is 11.8 Å². The Kier molecular flexibility index (Phi) is 7.08. The van der Waals surface area contributed by atoms with E-state index in [1.807, 2.05) is 89.4 Å². The highest BCUT2D eigenvalue weighted by atomic mass is 35.5. The van der Waals surface area contributed by atoms with Gasteiger partial charge >= 0.3 is 0 Å². The molecular weight excluding hydrogens is 533 g/mol. The molecule has 3 heterocycles. The van der Waals surface area contributed by atoms with Crippen LogP contribution < -0.4 is 10.2 Å². The number of thioether (sulfide) groups is 1. The van der Waals surface area contributed by atoms with Crippen molar-refractivity contribution in [2.75, 3.05) is 11.9 Å². The molecule has 0 spiro atoms. The Morgan fingerprint density at radius 1 is 1.03 bits per heavy atom. The Morgan fingerprint density at radius 2 is 1.81 bits per heavy atom. The molecule has 1 aliphatic rings. The van der Waals surface area contributed by atoms with Crippen molar-refractivity contribution in [2.45, 2.75) is 22.1 Å². The summed E-state index contributed by atoms with van der Waals surface area (Å²) < 4.78 is 0. The van der Waals surface area contributed by atoms with E-state index in [9.17, 15) is 9.59 Å². The van der Waals surface area contributed by atoms with Crippen LogP contribution in [-0.4, -0.2) is 29.0 Å². The number of hydrogen-bond acceptors (Lipinski definition) is 6. The molecule has 1 N–H and O–H groups in total. The van der Waals surface area contributed by atoms with Crippen molar-refractivity contribution in [3.63, 3.8) is 0 Å². The van der Waals surface area contributed by atoms with Gasteiger partial charge in [-0.3, -0.25) is 9.59 Å². The number of hydrogen-bond donors (Lipinski definition) is 1. The molecule has 1 aliphatic heterocycles. The van der Waals surface area contributed by atoms with Crippen LogP contribution in [0.4, 0.5) is 11.5 Å². The molecule has 2 aromatic heterocycles. The molecule has 2 aromatic carbocycles. The van der Waals surface area contributed by atoms with Crippen LogP contribution in [0.1, 0.15) is 17.7 Å². The van der Waals surface area contributed by atoms with Crippen molar-refractivity contribution in [1.29, 1.82) is 0 Å². The number of nitrogens with one attached hydrogen (secondary N) is 1. The first-order chi connectivity index (χ1) is 17.4. The predicted molar refractivity (Wildman–Crippen MR) is 148 cm³/mol. The Hall–Kier alpha value is -2.84. The first kappa shape index (κ1) is 24.8. The van der Waals surface area contributed by atoms with Gasteiger partial charge in [-0.05, 0) is 70.9 Å². The number of aromatic nitrogens is 1. The molecule has 9 heteroatoms. The molecule has 2 unspecified atom stereocenters. The fourth-order valence-electron chi connectivity index (χ4n) is 4.24. The number of pyridine rings is 1. The fourth-order valence-corrected chi connectivity index (χ4v) is 6.33. The zero-order valence-electron chi connectivity index (χ0n) is 19.2. The number of thiophene rings is 1. The molecule has 1 saturated heterocycles. The number of rotatable bonds is 6. The first-order valence-corrected chi connectivity index (χ1v) is 13.7. The lowest BCUT2D eigenvalue weighted by Crippen LogP contribution is -2.58. The van der Waals surface area contributed by atoms with Gasteiger partial charge in [-0.1, -0.05) is 41.4 Å². The van der Waals surface area contributed by atoms with E-state index in [1.54, 1.807) is 6.07 Å². The summed E-state index contributed by atoms with van der Waals surface area (Å²) in [6.07, 6.45) is 0.0820. The maximum absolute atomic E-state index is 13.5. The summed E-state index contributed by atoms with van der Waals surface area (Å²) in [6.45, 7) is 0. The van der Waals surface area contributed by atoms with Gasteiger partial charge in [0.15, 0.2) is 5.78 Å². The number of carbonyl (C=O) groups excluding carboxylic acids is 2. The van der Waals surface area contributed by atoms with Crippen LogP contribution >= 0.6 is 46.3 Å². The van der Waals surface area contributed by atoms with Gasteiger partial charge in [-0.25, -0.2) is 4.98 Å². The molecule has 182 valence electrons. The number of halogens is 2. The minimum Gasteiger partial charge on any atom is -0.339 e. The molecule has 2 atom stereocenters. The Morgan fingerprint density at radius 3 is 2.50 bits per heavy atom. The quantitative estimate of drug-likeness (QED) is 0.269. The van der Waals surface area contributed by atoms with Crippen LogP contribution in [0.15, 0.2) is 88.5 Å². The molecule has 36 heavy (non-hydrogen) atoms. The van der Waals surface area contributed by atoms with Crippen LogP contribution in [0.25, 0.3) is 0 Å². The minimum absolute atomic E-state index is 0.0820. The number of anilines is 2. The van der Waals surface area contributed by atoms with Crippen LogP contribution in [0, 0.1) is 0 Å². The number of benzene rings is 2. The number of carbonyl (C=O) groups is 2. The molecule has 0 radical (unpaired) electrons. The SMILES string of the molecule is CN(c1ccc(Cl)cc1)c1cccc(C2(c3ccsc3)CC(=O)C(Sc3ccccc3Cl)C(=O)N2)n1. The Bertz CT molecular complexity index is 1390. The second kappa shape index (κ2) is 10.3. The third-order valence-corrected chi connectivity index (χ3v) is 8.83. The van der Waals surface area contributed by atoms with Crippen molar-refractivity contribution < 1.29 is 9.59 Å². The van der Waals surface area contributed by atoms with E-state index in [4.69, 9.17) is 28.2 Å². The molecule has 1 amide bonds. The Balaban J connectivity index is 1.51. The molecular formula is C27H21Cl2N3O2S2. The van der Waals surface area contributed by atoms with Gasteiger partial charge in [0, 0.05) is 29.1 Å². The molecule has 0 aliphatic carbocycles. The maximum atomic E-state index is 13.5. The highest BCUT2D eigenvalue weighted by Crippen LogP contribution is 2.41. The Labute approximate surface area is 227 Å². The van der Waals surface area contributed by atoms with E-state index in [1.165, 1.54) is 23.1 Å². The van der Waals surface area contributed by atoms with Gasteiger partial charge in [0.2, 0.25) is 5.91 Å². The van der Waals surface area contributed by atoms with Gasteiger partial charge in [0.25, 0.3) is 0 Å². The third-order valence-electron chi connectivity index (χ3n) is 6.13. The van der Waals surface area contributed by atoms with Crippen molar-refractivity contribution in [1.82, 2.24) is 10.3 Å². The first-order valence-electron chi connectivity index (χ1n) is 11.1. The van der Waals surface area contributed by atoms with E-state index < -0.39 is 10.8 Å². The highest BCUT2D eigenvalue weighted by Gasteiger charge is 2.48. The lowest BCUT2D eigenvalue weighted by Gasteiger charge is -2.39. The van der Waals surface area contributed by atoms with E-state index in [0.717, 1.165) is 11.3 Å². The molecule has 0 bridgehead atoms. The van der Waals surface area contributed by atoms with Gasteiger partial charge in [-0.2, -0.15) is 11.3 Å². The van der Waals surface area contributed by atoms with Crippen molar-refractivity contribution in [3.8, 4) is 0 Å². The number of amides is 1. The van der Waals surface area contributed by atoms with Gasteiger partial charge < -0.3 is 10.2 Å². The topological polar surface area (TPSA) is 62.3 Å². The van der Waals surface area contributed by atoms with Crippen LogP contribution in [0.3, 0.4) is 0 Å². The predicted octanol–water partition coefficient (Wildman–Crippen LogP) is 6.71. The van der Waals surface area contributed by atoms with Crippen LogP contribution in [-0.2, 0) is 15.1 Å². The molecule has 4 aromatic rings. The smallest absolute Gasteiger partial charge is 0.242 e. The number of nitrogens with zero attached hydrogens (tertiary/aromatic N) is 2. The number of piperidine rings is 1.